The Bertz CT molecular complexity index is 155. The lowest BCUT2D eigenvalue weighted by atomic mass is 10.2. The van der Waals surface area contributed by atoms with E-state index in [2.05, 4.69) is 16.8 Å². The fourth-order valence-corrected chi connectivity index (χ4v) is 1.88. The highest BCUT2D eigenvalue weighted by Gasteiger charge is 2.16. The Morgan fingerprint density at radius 2 is 2.50 bits per heavy atom. The van der Waals surface area contributed by atoms with Crippen LogP contribution in [-0.2, 0) is 4.74 Å². The SMILES string of the molecule is C=CCN(CCOC)CC1CCCN1. The summed E-state index contributed by atoms with van der Waals surface area (Å²) in [5.74, 6) is 0. The first-order valence-corrected chi connectivity index (χ1v) is 5.42. The molecule has 3 nitrogen and oxygen atoms in total. The van der Waals surface area contributed by atoms with Gasteiger partial charge < -0.3 is 10.1 Å². The van der Waals surface area contributed by atoms with Gasteiger partial charge in [0.15, 0.2) is 0 Å². The first kappa shape index (κ1) is 11.7. The quantitative estimate of drug-likeness (QED) is 0.614. The third-order valence-electron chi connectivity index (χ3n) is 2.64. The monoisotopic (exact) mass is 198 g/mol. The summed E-state index contributed by atoms with van der Waals surface area (Å²) in [6.07, 6.45) is 4.59. The second-order valence-electron chi connectivity index (χ2n) is 3.83. The Labute approximate surface area is 87.1 Å². The van der Waals surface area contributed by atoms with Gasteiger partial charge in [-0.1, -0.05) is 6.08 Å². The highest BCUT2D eigenvalue weighted by atomic mass is 16.5. The van der Waals surface area contributed by atoms with E-state index in [0.29, 0.717) is 6.04 Å². The zero-order valence-corrected chi connectivity index (χ0v) is 9.17. The number of nitrogens with zero attached hydrogens (tertiary/aromatic N) is 1. The van der Waals surface area contributed by atoms with E-state index in [9.17, 15) is 0 Å². The van der Waals surface area contributed by atoms with E-state index >= 15 is 0 Å². The molecule has 0 aromatic rings. The van der Waals surface area contributed by atoms with Gasteiger partial charge in [0.25, 0.3) is 0 Å². The van der Waals surface area contributed by atoms with E-state index in [1.165, 1.54) is 19.4 Å². The number of methoxy groups -OCH3 is 1. The molecule has 82 valence electrons. The molecule has 14 heavy (non-hydrogen) atoms. The van der Waals surface area contributed by atoms with E-state index in [0.717, 1.165) is 26.2 Å². The van der Waals surface area contributed by atoms with E-state index in [1.807, 2.05) is 6.08 Å². The zero-order chi connectivity index (χ0) is 10.2. The van der Waals surface area contributed by atoms with Gasteiger partial charge in [0.2, 0.25) is 0 Å². The lowest BCUT2D eigenvalue weighted by Crippen LogP contribution is -2.39. The fraction of sp³-hybridized carbons (Fsp3) is 0.818. The van der Waals surface area contributed by atoms with Gasteiger partial charge in [0.05, 0.1) is 6.61 Å². The Morgan fingerprint density at radius 1 is 1.64 bits per heavy atom. The number of hydrogen-bond acceptors (Lipinski definition) is 3. The molecular formula is C11H22N2O. The maximum absolute atomic E-state index is 5.09. The Morgan fingerprint density at radius 3 is 3.07 bits per heavy atom. The molecule has 1 heterocycles. The van der Waals surface area contributed by atoms with Gasteiger partial charge in [-0.2, -0.15) is 0 Å². The maximum atomic E-state index is 5.09. The minimum Gasteiger partial charge on any atom is -0.383 e. The van der Waals surface area contributed by atoms with Crippen LogP contribution in [0.1, 0.15) is 12.8 Å². The normalized spacial score (nSPS) is 21.7. The van der Waals surface area contributed by atoms with Crippen LogP contribution < -0.4 is 5.32 Å². The van der Waals surface area contributed by atoms with Crippen LogP contribution in [0.3, 0.4) is 0 Å². The van der Waals surface area contributed by atoms with Crippen LogP contribution in [0.25, 0.3) is 0 Å². The van der Waals surface area contributed by atoms with Crippen LogP contribution in [0.15, 0.2) is 12.7 Å². The van der Waals surface area contributed by atoms with Gasteiger partial charge in [0.1, 0.15) is 0 Å². The lowest BCUT2D eigenvalue weighted by Gasteiger charge is -2.23. The second-order valence-corrected chi connectivity index (χ2v) is 3.83. The Balaban J connectivity index is 2.21. The molecule has 0 radical (unpaired) electrons. The number of rotatable bonds is 7. The van der Waals surface area contributed by atoms with E-state index < -0.39 is 0 Å². The first-order chi connectivity index (χ1) is 6.86. The van der Waals surface area contributed by atoms with Crippen LogP contribution in [-0.4, -0.2) is 50.8 Å². The predicted octanol–water partition coefficient (Wildman–Crippen LogP) is 0.873. The van der Waals surface area contributed by atoms with Crippen molar-refractivity contribution in [3.8, 4) is 0 Å². The lowest BCUT2D eigenvalue weighted by molar-refractivity contribution is 0.149. The molecule has 0 saturated carbocycles. The summed E-state index contributed by atoms with van der Waals surface area (Å²) in [6, 6.07) is 0.673. The average Bonchev–Trinajstić information content (AvgIpc) is 2.67. The molecule has 0 amide bonds. The van der Waals surface area contributed by atoms with E-state index in [1.54, 1.807) is 7.11 Å². The van der Waals surface area contributed by atoms with Crippen LogP contribution >= 0.6 is 0 Å². The Kier molecular flexibility index (Phi) is 5.83. The molecule has 3 heteroatoms. The fourth-order valence-electron chi connectivity index (χ4n) is 1.88. The van der Waals surface area contributed by atoms with Crippen LogP contribution in [0.2, 0.25) is 0 Å². The molecule has 0 bridgehead atoms. The summed E-state index contributed by atoms with van der Waals surface area (Å²) in [5.41, 5.74) is 0. The van der Waals surface area contributed by atoms with Gasteiger partial charge in [-0.05, 0) is 19.4 Å². The molecule has 1 fully saturated rings. The molecule has 1 atom stereocenters. The van der Waals surface area contributed by atoms with Crippen molar-refractivity contribution in [2.45, 2.75) is 18.9 Å². The van der Waals surface area contributed by atoms with Crippen molar-refractivity contribution in [2.24, 2.45) is 0 Å². The predicted molar refractivity (Wildman–Crippen MR) is 59.5 cm³/mol. The topological polar surface area (TPSA) is 24.5 Å². The second kappa shape index (κ2) is 6.98. The summed E-state index contributed by atoms with van der Waals surface area (Å²) in [6.45, 7) is 8.84. The molecule has 0 aromatic carbocycles. The summed E-state index contributed by atoms with van der Waals surface area (Å²) >= 11 is 0. The van der Waals surface area contributed by atoms with Gasteiger partial charge in [-0.25, -0.2) is 0 Å². The van der Waals surface area contributed by atoms with E-state index in [4.69, 9.17) is 4.74 Å². The summed E-state index contributed by atoms with van der Waals surface area (Å²) in [4.78, 5) is 2.39. The number of nitrogens with one attached hydrogen (secondary N) is 1. The molecule has 0 aromatic heterocycles. The van der Waals surface area contributed by atoms with Gasteiger partial charge in [-0.15, -0.1) is 6.58 Å². The average molecular weight is 198 g/mol. The smallest absolute Gasteiger partial charge is 0.0589 e. The summed E-state index contributed by atoms with van der Waals surface area (Å²) in [5, 5.41) is 3.51. The molecular weight excluding hydrogens is 176 g/mol. The third kappa shape index (κ3) is 4.22. The minimum atomic E-state index is 0.673. The summed E-state index contributed by atoms with van der Waals surface area (Å²) < 4.78 is 5.09. The van der Waals surface area contributed by atoms with Gasteiger partial charge >= 0.3 is 0 Å². The van der Waals surface area contributed by atoms with Crippen molar-refractivity contribution in [3.63, 3.8) is 0 Å². The molecule has 1 rings (SSSR count). The molecule has 1 N–H and O–H groups in total. The maximum Gasteiger partial charge on any atom is 0.0589 e. The van der Waals surface area contributed by atoms with Gasteiger partial charge in [0, 0.05) is 32.8 Å². The molecule has 0 aliphatic carbocycles. The number of hydrogen-bond donors (Lipinski definition) is 1. The molecule has 1 aliphatic rings. The van der Waals surface area contributed by atoms with Crippen LogP contribution in [0.5, 0.6) is 0 Å². The van der Waals surface area contributed by atoms with Crippen molar-refractivity contribution in [3.05, 3.63) is 12.7 Å². The van der Waals surface area contributed by atoms with E-state index in [-0.39, 0.29) is 0 Å². The third-order valence-corrected chi connectivity index (χ3v) is 2.64. The van der Waals surface area contributed by atoms with Crippen LogP contribution in [0, 0.1) is 0 Å². The molecule has 0 spiro atoms. The number of ether oxygens (including phenoxy) is 1. The zero-order valence-electron chi connectivity index (χ0n) is 9.17. The standard InChI is InChI=1S/C11H22N2O/c1-3-7-13(8-9-14-2)10-11-5-4-6-12-11/h3,11-12H,1,4-10H2,2H3. The highest BCUT2D eigenvalue weighted by molar-refractivity contribution is 4.81. The summed E-state index contributed by atoms with van der Waals surface area (Å²) in [7, 11) is 1.75. The van der Waals surface area contributed by atoms with Gasteiger partial charge in [-0.3, -0.25) is 4.90 Å². The first-order valence-electron chi connectivity index (χ1n) is 5.42. The molecule has 1 unspecified atom stereocenters. The van der Waals surface area contributed by atoms with Crippen LogP contribution in [0.4, 0.5) is 0 Å². The molecule has 1 saturated heterocycles. The largest absolute Gasteiger partial charge is 0.383 e. The Hall–Kier alpha value is -0.380. The highest BCUT2D eigenvalue weighted by Crippen LogP contribution is 2.06. The van der Waals surface area contributed by atoms with Crippen molar-refractivity contribution >= 4 is 0 Å². The van der Waals surface area contributed by atoms with Crippen molar-refractivity contribution in [1.82, 2.24) is 10.2 Å². The minimum absolute atomic E-state index is 0.673. The van der Waals surface area contributed by atoms with Crippen molar-refractivity contribution < 1.29 is 4.74 Å². The molecule has 1 aliphatic heterocycles. The van der Waals surface area contributed by atoms with Crippen molar-refractivity contribution in [2.75, 3.05) is 39.9 Å². The van der Waals surface area contributed by atoms with Crippen molar-refractivity contribution in [1.29, 1.82) is 0 Å².